The van der Waals surface area contributed by atoms with Crippen molar-refractivity contribution in [1.29, 1.82) is 0 Å². The number of benzene rings is 2. The Morgan fingerprint density at radius 3 is 2.63 bits per heavy atom. The lowest BCUT2D eigenvalue weighted by molar-refractivity contribution is 0.102. The lowest BCUT2D eigenvalue weighted by Gasteiger charge is -2.09. The number of amides is 1. The van der Waals surface area contributed by atoms with Gasteiger partial charge in [0.05, 0.1) is 11.4 Å². The van der Waals surface area contributed by atoms with Gasteiger partial charge < -0.3 is 16.2 Å². The van der Waals surface area contributed by atoms with E-state index in [4.69, 9.17) is 5.73 Å². The molecule has 98 valence electrons. The number of rotatable bonds is 2. The molecule has 2 rings (SSSR count). The number of hydrogen-bond donors (Lipinski definition) is 3. The van der Waals surface area contributed by atoms with Crippen LogP contribution in [-0.4, -0.2) is 11.0 Å². The van der Waals surface area contributed by atoms with Crippen molar-refractivity contribution in [3.63, 3.8) is 0 Å². The molecule has 0 aromatic heterocycles. The number of nitrogens with one attached hydrogen (secondary N) is 1. The summed E-state index contributed by atoms with van der Waals surface area (Å²) in [6.45, 7) is 1.77. The molecule has 0 bridgehead atoms. The second-order valence-corrected chi connectivity index (χ2v) is 5.10. The van der Waals surface area contributed by atoms with Crippen LogP contribution in [0.25, 0.3) is 0 Å². The number of carbonyl (C=O) groups excluding carboxylic acids is 1. The maximum Gasteiger partial charge on any atom is 0.255 e. The Kier molecular flexibility index (Phi) is 3.76. The van der Waals surface area contributed by atoms with Crippen LogP contribution in [0.1, 0.15) is 15.9 Å². The number of aryl methyl sites for hydroxylation is 1. The van der Waals surface area contributed by atoms with E-state index in [1.165, 1.54) is 6.07 Å². The first kappa shape index (κ1) is 13.4. The number of hydrogen-bond acceptors (Lipinski definition) is 3. The molecule has 2 aromatic carbocycles. The molecule has 0 radical (unpaired) electrons. The third kappa shape index (κ3) is 3.06. The molecular formula is C14H13BrN2O2. The molecule has 5 heteroatoms. The van der Waals surface area contributed by atoms with Gasteiger partial charge in [0, 0.05) is 10.0 Å². The van der Waals surface area contributed by atoms with Crippen molar-refractivity contribution in [2.75, 3.05) is 11.1 Å². The van der Waals surface area contributed by atoms with Gasteiger partial charge in [-0.1, -0.05) is 22.0 Å². The summed E-state index contributed by atoms with van der Waals surface area (Å²) in [7, 11) is 0. The third-order valence-corrected chi connectivity index (χ3v) is 3.23. The summed E-state index contributed by atoms with van der Waals surface area (Å²) in [4.78, 5) is 12.0. The number of halogens is 1. The molecule has 0 unspecified atom stereocenters. The van der Waals surface area contributed by atoms with Crippen LogP contribution in [-0.2, 0) is 0 Å². The largest absolute Gasteiger partial charge is 0.508 e. The Bertz CT molecular complexity index is 641. The number of phenols is 1. The van der Waals surface area contributed by atoms with Crippen LogP contribution in [0.15, 0.2) is 40.9 Å². The van der Waals surface area contributed by atoms with E-state index in [1.54, 1.807) is 37.3 Å². The van der Waals surface area contributed by atoms with Gasteiger partial charge in [-0.3, -0.25) is 4.79 Å². The van der Waals surface area contributed by atoms with Crippen molar-refractivity contribution in [3.8, 4) is 5.75 Å². The molecule has 1 amide bonds. The number of nitrogens with two attached hydrogens (primary N) is 1. The van der Waals surface area contributed by atoms with E-state index in [-0.39, 0.29) is 11.7 Å². The summed E-state index contributed by atoms with van der Waals surface area (Å²) in [5.74, 6) is -0.222. The van der Waals surface area contributed by atoms with Crippen LogP contribution in [0.4, 0.5) is 11.4 Å². The predicted octanol–water partition coefficient (Wildman–Crippen LogP) is 3.30. The fourth-order valence-corrected chi connectivity index (χ4v) is 1.97. The molecule has 0 saturated heterocycles. The molecule has 19 heavy (non-hydrogen) atoms. The Morgan fingerprint density at radius 2 is 2.00 bits per heavy atom. The SMILES string of the molecule is Cc1ccc(C(=O)Nc2ccc(Br)cc2N)cc1O. The number of anilines is 2. The number of carbonyl (C=O) groups is 1. The number of phenolic OH excluding ortho intramolecular Hbond substituents is 1. The minimum Gasteiger partial charge on any atom is -0.508 e. The molecule has 0 atom stereocenters. The van der Waals surface area contributed by atoms with Gasteiger partial charge in [-0.15, -0.1) is 0 Å². The minimum absolute atomic E-state index is 0.0939. The maximum absolute atomic E-state index is 12.0. The van der Waals surface area contributed by atoms with Gasteiger partial charge in [-0.05, 0) is 42.8 Å². The fourth-order valence-electron chi connectivity index (χ4n) is 1.59. The zero-order chi connectivity index (χ0) is 14.0. The summed E-state index contributed by atoms with van der Waals surface area (Å²) >= 11 is 3.30. The van der Waals surface area contributed by atoms with Crippen LogP contribution in [0.2, 0.25) is 0 Å². The molecule has 4 N–H and O–H groups in total. The van der Waals surface area contributed by atoms with E-state index in [2.05, 4.69) is 21.2 Å². The van der Waals surface area contributed by atoms with E-state index in [1.807, 2.05) is 0 Å². The highest BCUT2D eigenvalue weighted by atomic mass is 79.9. The minimum atomic E-state index is -0.315. The van der Waals surface area contributed by atoms with Gasteiger partial charge in [0.1, 0.15) is 5.75 Å². The highest BCUT2D eigenvalue weighted by molar-refractivity contribution is 9.10. The molecule has 0 heterocycles. The summed E-state index contributed by atoms with van der Waals surface area (Å²) < 4.78 is 0.843. The molecule has 0 saturated carbocycles. The first-order valence-electron chi connectivity index (χ1n) is 5.63. The van der Waals surface area contributed by atoms with Gasteiger partial charge in [0.25, 0.3) is 5.91 Å². The average Bonchev–Trinajstić information content (AvgIpc) is 2.36. The normalized spacial score (nSPS) is 10.2. The van der Waals surface area contributed by atoms with Crippen molar-refractivity contribution in [2.24, 2.45) is 0 Å². The molecule has 0 spiro atoms. The van der Waals surface area contributed by atoms with Crippen molar-refractivity contribution in [3.05, 3.63) is 52.0 Å². The summed E-state index contributed by atoms with van der Waals surface area (Å²) in [6, 6.07) is 9.99. The molecule has 0 fully saturated rings. The first-order valence-corrected chi connectivity index (χ1v) is 6.42. The van der Waals surface area contributed by atoms with Crippen LogP contribution >= 0.6 is 15.9 Å². The van der Waals surface area contributed by atoms with Crippen molar-refractivity contribution in [1.82, 2.24) is 0 Å². The molecule has 0 aliphatic carbocycles. The highest BCUT2D eigenvalue weighted by Crippen LogP contribution is 2.24. The smallest absolute Gasteiger partial charge is 0.255 e. The molecule has 0 aliphatic rings. The fraction of sp³-hybridized carbons (Fsp3) is 0.0714. The standard InChI is InChI=1S/C14H13BrN2O2/c1-8-2-3-9(6-13(8)18)14(19)17-12-5-4-10(15)7-11(12)16/h2-7,18H,16H2,1H3,(H,17,19). The van der Waals surface area contributed by atoms with E-state index in [0.717, 1.165) is 10.0 Å². The van der Waals surface area contributed by atoms with E-state index in [9.17, 15) is 9.90 Å². The van der Waals surface area contributed by atoms with Gasteiger partial charge >= 0.3 is 0 Å². The van der Waals surface area contributed by atoms with Crippen LogP contribution < -0.4 is 11.1 Å². The summed E-state index contributed by atoms with van der Waals surface area (Å²) in [5, 5.41) is 12.3. The molecule has 0 aliphatic heterocycles. The predicted molar refractivity (Wildman–Crippen MR) is 79.4 cm³/mol. The molecule has 4 nitrogen and oxygen atoms in total. The topological polar surface area (TPSA) is 75.4 Å². The summed E-state index contributed by atoms with van der Waals surface area (Å²) in [6.07, 6.45) is 0. The molecule has 2 aromatic rings. The van der Waals surface area contributed by atoms with Crippen LogP contribution in [0.5, 0.6) is 5.75 Å². The van der Waals surface area contributed by atoms with Gasteiger partial charge in [0.15, 0.2) is 0 Å². The third-order valence-electron chi connectivity index (χ3n) is 2.73. The van der Waals surface area contributed by atoms with Gasteiger partial charge in [-0.25, -0.2) is 0 Å². The Labute approximate surface area is 119 Å². The summed E-state index contributed by atoms with van der Waals surface area (Å²) in [5.41, 5.74) is 7.92. The van der Waals surface area contributed by atoms with Crippen LogP contribution in [0, 0.1) is 6.92 Å². The van der Waals surface area contributed by atoms with Gasteiger partial charge in [0.2, 0.25) is 0 Å². The monoisotopic (exact) mass is 320 g/mol. The van der Waals surface area contributed by atoms with Crippen molar-refractivity contribution < 1.29 is 9.90 Å². The first-order chi connectivity index (χ1) is 8.97. The van der Waals surface area contributed by atoms with Crippen molar-refractivity contribution in [2.45, 2.75) is 6.92 Å². The quantitative estimate of drug-likeness (QED) is 0.743. The van der Waals surface area contributed by atoms with Gasteiger partial charge in [-0.2, -0.15) is 0 Å². The number of nitrogen functional groups attached to an aromatic ring is 1. The maximum atomic E-state index is 12.0. The highest BCUT2D eigenvalue weighted by Gasteiger charge is 2.09. The second kappa shape index (κ2) is 5.32. The lowest BCUT2D eigenvalue weighted by atomic mass is 10.1. The van der Waals surface area contributed by atoms with Crippen LogP contribution in [0.3, 0.4) is 0 Å². The van der Waals surface area contributed by atoms with E-state index in [0.29, 0.717) is 16.9 Å². The Balaban J connectivity index is 2.23. The van der Waals surface area contributed by atoms with E-state index < -0.39 is 0 Å². The lowest BCUT2D eigenvalue weighted by Crippen LogP contribution is -2.13. The zero-order valence-electron chi connectivity index (χ0n) is 10.3. The second-order valence-electron chi connectivity index (χ2n) is 4.19. The Hall–Kier alpha value is -2.01. The Morgan fingerprint density at radius 1 is 1.26 bits per heavy atom. The van der Waals surface area contributed by atoms with E-state index >= 15 is 0 Å². The average molecular weight is 321 g/mol. The van der Waals surface area contributed by atoms with Crippen molar-refractivity contribution >= 4 is 33.2 Å². The zero-order valence-corrected chi connectivity index (χ0v) is 11.9. The molecular weight excluding hydrogens is 308 g/mol. The number of aromatic hydroxyl groups is 1.